The van der Waals surface area contributed by atoms with Crippen molar-refractivity contribution in [3.8, 4) is 0 Å². The molecule has 4 rings (SSSR count). The molecular formula is C21H32N4O3S. The summed E-state index contributed by atoms with van der Waals surface area (Å²) >= 11 is 0. The van der Waals surface area contributed by atoms with E-state index in [0.29, 0.717) is 48.7 Å². The van der Waals surface area contributed by atoms with E-state index in [1.165, 1.54) is 6.42 Å². The summed E-state index contributed by atoms with van der Waals surface area (Å²) in [6.07, 6.45) is 6.04. The first kappa shape index (κ1) is 20.6. The maximum Gasteiger partial charge on any atom is 0.243 e. The minimum Gasteiger partial charge on any atom is -0.373 e. The zero-order valence-corrected chi connectivity index (χ0v) is 18.1. The highest BCUT2D eigenvalue weighted by atomic mass is 32.2. The van der Waals surface area contributed by atoms with Crippen LogP contribution in [0.2, 0.25) is 0 Å². The van der Waals surface area contributed by atoms with Gasteiger partial charge in [0, 0.05) is 26.7 Å². The molecule has 160 valence electrons. The standard InChI is InChI=1S/C21H32N4O3S/c1-15-4-3-11-25(14-15)29(26,27)18-8-5-16(6-9-18)13-23-21(22-2)24-19-12-17-7-10-20(19)28-17/h5-6,8-9,15,17,19-20H,3-4,7,10-14H2,1-2H3,(H2,22,23,24). The predicted octanol–water partition coefficient (Wildman–Crippen LogP) is 2.09. The number of fused-ring (bicyclic) bond motifs is 2. The van der Waals surface area contributed by atoms with Crippen LogP contribution in [-0.4, -0.2) is 57.1 Å². The van der Waals surface area contributed by atoms with Crippen molar-refractivity contribution in [2.75, 3.05) is 20.1 Å². The van der Waals surface area contributed by atoms with E-state index < -0.39 is 10.0 Å². The maximum absolute atomic E-state index is 12.9. The van der Waals surface area contributed by atoms with Crippen LogP contribution >= 0.6 is 0 Å². The Bertz CT molecular complexity index is 840. The molecule has 3 fully saturated rings. The van der Waals surface area contributed by atoms with Gasteiger partial charge in [0.2, 0.25) is 10.0 Å². The highest BCUT2D eigenvalue weighted by molar-refractivity contribution is 7.89. The molecule has 1 aromatic rings. The van der Waals surface area contributed by atoms with Crippen molar-refractivity contribution in [1.29, 1.82) is 0 Å². The Hall–Kier alpha value is -1.64. The van der Waals surface area contributed by atoms with Crippen LogP contribution in [0.1, 0.15) is 44.6 Å². The van der Waals surface area contributed by atoms with E-state index in [1.807, 2.05) is 12.1 Å². The molecular weight excluding hydrogens is 388 g/mol. The number of rotatable bonds is 5. The smallest absolute Gasteiger partial charge is 0.243 e. The summed E-state index contributed by atoms with van der Waals surface area (Å²) in [5.74, 6) is 1.17. The second-order valence-corrected chi connectivity index (χ2v) is 10.5. The highest BCUT2D eigenvalue weighted by Gasteiger charge is 2.41. The number of aliphatic imine (C=N–C) groups is 1. The number of hydrogen-bond donors (Lipinski definition) is 2. The van der Waals surface area contributed by atoms with Crippen molar-refractivity contribution in [3.63, 3.8) is 0 Å². The Morgan fingerprint density at radius 2 is 2.03 bits per heavy atom. The number of nitrogens with one attached hydrogen (secondary N) is 2. The monoisotopic (exact) mass is 420 g/mol. The molecule has 3 saturated heterocycles. The van der Waals surface area contributed by atoms with Crippen LogP contribution in [0.5, 0.6) is 0 Å². The summed E-state index contributed by atoms with van der Waals surface area (Å²) in [5, 5.41) is 6.78. The molecule has 4 atom stereocenters. The highest BCUT2D eigenvalue weighted by Crippen LogP contribution is 2.34. The lowest BCUT2D eigenvalue weighted by Gasteiger charge is -2.30. The van der Waals surface area contributed by atoms with Gasteiger partial charge < -0.3 is 15.4 Å². The van der Waals surface area contributed by atoms with Gasteiger partial charge >= 0.3 is 0 Å². The van der Waals surface area contributed by atoms with E-state index in [0.717, 1.165) is 37.2 Å². The molecule has 7 nitrogen and oxygen atoms in total. The first-order valence-electron chi connectivity index (χ1n) is 10.7. The summed E-state index contributed by atoms with van der Waals surface area (Å²) in [7, 11) is -1.64. The van der Waals surface area contributed by atoms with Crippen molar-refractivity contribution >= 4 is 16.0 Å². The van der Waals surface area contributed by atoms with Crippen molar-refractivity contribution < 1.29 is 13.2 Å². The van der Waals surface area contributed by atoms with Gasteiger partial charge in [-0.15, -0.1) is 0 Å². The molecule has 3 aliphatic rings. The quantitative estimate of drug-likeness (QED) is 0.563. The van der Waals surface area contributed by atoms with Crippen LogP contribution in [0.15, 0.2) is 34.2 Å². The van der Waals surface area contributed by atoms with Gasteiger partial charge in [0.1, 0.15) is 0 Å². The number of ether oxygens (including phenoxy) is 1. The number of hydrogen-bond acceptors (Lipinski definition) is 4. The zero-order chi connectivity index (χ0) is 20.4. The van der Waals surface area contributed by atoms with E-state index in [9.17, 15) is 8.42 Å². The van der Waals surface area contributed by atoms with Gasteiger partial charge in [0.15, 0.2) is 5.96 Å². The molecule has 0 saturated carbocycles. The molecule has 29 heavy (non-hydrogen) atoms. The van der Waals surface area contributed by atoms with E-state index in [-0.39, 0.29) is 0 Å². The lowest BCUT2D eigenvalue weighted by atomic mass is 9.96. The van der Waals surface area contributed by atoms with Gasteiger partial charge in [0.05, 0.1) is 23.1 Å². The second-order valence-electron chi connectivity index (χ2n) is 8.54. The van der Waals surface area contributed by atoms with Gasteiger partial charge in [-0.05, 0) is 55.7 Å². The summed E-state index contributed by atoms with van der Waals surface area (Å²) < 4.78 is 33.3. The Kier molecular flexibility index (Phi) is 6.13. The summed E-state index contributed by atoms with van der Waals surface area (Å²) in [4.78, 5) is 4.68. The molecule has 2 bridgehead atoms. The molecule has 2 N–H and O–H groups in total. The molecule has 3 aliphatic heterocycles. The van der Waals surface area contributed by atoms with Crippen LogP contribution in [0.4, 0.5) is 0 Å². The summed E-state index contributed by atoms with van der Waals surface area (Å²) in [6, 6.07) is 7.50. The first-order chi connectivity index (χ1) is 14.0. The number of sulfonamides is 1. The van der Waals surface area contributed by atoms with Crippen molar-refractivity contribution in [2.24, 2.45) is 10.9 Å². The third kappa shape index (κ3) is 4.59. The van der Waals surface area contributed by atoms with E-state index in [4.69, 9.17) is 4.74 Å². The van der Waals surface area contributed by atoms with Gasteiger partial charge in [-0.1, -0.05) is 19.1 Å². The third-order valence-electron chi connectivity index (χ3n) is 6.29. The molecule has 0 aliphatic carbocycles. The fourth-order valence-corrected chi connectivity index (χ4v) is 6.24. The average Bonchev–Trinajstić information content (AvgIpc) is 3.34. The summed E-state index contributed by atoms with van der Waals surface area (Å²) in [5.41, 5.74) is 1.02. The summed E-state index contributed by atoms with van der Waals surface area (Å²) in [6.45, 7) is 3.92. The van der Waals surface area contributed by atoms with Crippen LogP contribution in [0.25, 0.3) is 0 Å². The van der Waals surface area contributed by atoms with Crippen LogP contribution in [0, 0.1) is 5.92 Å². The Morgan fingerprint density at radius 1 is 1.24 bits per heavy atom. The van der Waals surface area contributed by atoms with Crippen molar-refractivity contribution in [1.82, 2.24) is 14.9 Å². The normalized spacial score (nSPS) is 30.5. The van der Waals surface area contributed by atoms with Crippen LogP contribution in [0.3, 0.4) is 0 Å². The molecule has 3 heterocycles. The average molecular weight is 421 g/mol. The van der Waals surface area contributed by atoms with E-state index in [1.54, 1.807) is 23.5 Å². The fourth-order valence-electron chi connectivity index (χ4n) is 4.64. The van der Waals surface area contributed by atoms with Crippen LogP contribution in [-0.2, 0) is 21.3 Å². The van der Waals surface area contributed by atoms with Gasteiger partial charge in [-0.25, -0.2) is 8.42 Å². The predicted molar refractivity (Wildman–Crippen MR) is 113 cm³/mol. The number of piperidine rings is 1. The van der Waals surface area contributed by atoms with Crippen LogP contribution < -0.4 is 10.6 Å². The Labute approximate surface area is 174 Å². The molecule has 0 radical (unpaired) electrons. The van der Waals surface area contributed by atoms with E-state index >= 15 is 0 Å². The topological polar surface area (TPSA) is 83.0 Å². The molecule has 0 amide bonds. The molecule has 4 unspecified atom stereocenters. The Morgan fingerprint density at radius 3 is 2.66 bits per heavy atom. The minimum atomic E-state index is -3.41. The van der Waals surface area contributed by atoms with Gasteiger partial charge in [0.25, 0.3) is 0 Å². The third-order valence-corrected chi connectivity index (χ3v) is 8.17. The van der Waals surface area contributed by atoms with Gasteiger partial charge in [-0.2, -0.15) is 4.31 Å². The van der Waals surface area contributed by atoms with E-state index in [2.05, 4.69) is 22.5 Å². The second kappa shape index (κ2) is 8.62. The van der Waals surface area contributed by atoms with Crippen molar-refractivity contribution in [3.05, 3.63) is 29.8 Å². The fraction of sp³-hybridized carbons (Fsp3) is 0.667. The van der Waals surface area contributed by atoms with Crippen molar-refractivity contribution in [2.45, 2.75) is 68.7 Å². The molecule has 1 aromatic carbocycles. The molecule has 0 spiro atoms. The number of nitrogens with zero attached hydrogens (tertiary/aromatic N) is 2. The zero-order valence-electron chi connectivity index (χ0n) is 17.3. The number of guanidine groups is 1. The number of benzene rings is 1. The SMILES string of the molecule is CN=C(NCc1ccc(S(=O)(=O)N2CCCC(C)C2)cc1)NC1CC2CCC1O2. The minimum absolute atomic E-state index is 0.292. The largest absolute Gasteiger partial charge is 0.373 e. The lowest BCUT2D eigenvalue weighted by Crippen LogP contribution is -2.47. The molecule has 8 heteroatoms. The maximum atomic E-state index is 12.9. The Balaban J connectivity index is 1.33. The molecule has 0 aromatic heterocycles. The lowest BCUT2D eigenvalue weighted by molar-refractivity contribution is 0.0992. The first-order valence-corrected chi connectivity index (χ1v) is 12.1. The van der Waals surface area contributed by atoms with Gasteiger partial charge in [-0.3, -0.25) is 4.99 Å².